The van der Waals surface area contributed by atoms with Crippen molar-refractivity contribution in [1.82, 2.24) is 14.4 Å². The molecule has 0 spiro atoms. The van der Waals surface area contributed by atoms with Crippen LogP contribution in [-0.4, -0.2) is 44.4 Å². The van der Waals surface area contributed by atoms with Gasteiger partial charge in [-0.15, -0.1) is 0 Å². The number of fused-ring (bicyclic) bond motifs is 6. The van der Waals surface area contributed by atoms with Crippen molar-refractivity contribution in [3.8, 4) is 0 Å². The smallest absolute Gasteiger partial charge is 0.410 e. The standard InChI is InChI=1S/C28H31N3O3/c1-28(2,3)34-27(33)31-16-19-22(32)14-21-25-23(18-12-8-9-13-20(18)29(25)4)26(31)24(19)30(21)15-17-10-6-5-7-11-17/h5-13,19,21,24,26H,14-16H2,1-4H3/t19-,21-,24+,26+/m0/s1. The van der Waals surface area contributed by atoms with Gasteiger partial charge in [0.25, 0.3) is 0 Å². The van der Waals surface area contributed by atoms with Crippen LogP contribution in [0.25, 0.3) is 10.9 Å². The van der Waals surface area contributed by atoms with Gasteiger partial charge in [-0.25, -0.2) is 4.79 Å². The minimum absolute atomic E-state index is 0.00353. The molecule has 0 saturated carbocycles. The zero-order valence-electron chi connectivity index (χ0n) is 20.2. The molecule has 1 aromatic heterocycles. The van der Waals surface area contributed by atoms with E-state index in [1.54, 1.807) is 0 Å². The Bertz CT molecular complexity index is 1290. The van der Waals surface area contributed by atoms with Gasteiger partial charge in [0.1, 0.15) is 11.4 Å². The number of piperidine rings is 1. The number of carbonyl (C=O) groups is 2. The molecule has 2 aromatic carbocycles. The summed E-state index contributed by atoms with van der Waals surface area (Å²) in [5, 5.41) is 1.17. The summed E-state index contributed by atoms with van der Waals surface area (Å²) >= 11 is 0. The Balaban J connectivity index is 1.55. The average molecular weight is 458 g/mol. The van der Waals surface area contributed by atoms with Crippen LogP contribution in [0.2, 0.25) is 0 Å². The van der Waals surface area contributed by atoms with E-state index in [1.165, 1.54) is 16.5 Å². The minimum Gasteiger partial charge on any atom is -0.444 e. The van der Waals surface area contributed by atoms with Gasteiger partial charge in [-0.2, -0.15) is 0 Å². The van der Waals surface area contributed by atoms with E-state index in [4.69, 9.17) is 4.74 Å². The van der Waals surface area contributed by atoms with Crippen LogP contribution < -0.4 is 0 Å². The lowest BCUT2D eigenvalue weighted by molar-refractivity contribution is -0.132. The second-order valence-corrected chi connectivity index (χ2v) is 10.9. The van der Waals surface area contributed by atoms with Crippen molar-refractivity contribution in [2.24, 2.45) is 13.0 Å². The van der Waals surface area contributed by atoms with Crippen LogP contribution in [-0.2, 0) is 23.1 Å². The average Bonchev–Trinajstić information content (AvgIpc) is 3.33. The van der Waals surface area contributed by atoms with E-state index in [2.05, 4.69) is 65.0 Å². The van der Waals surface area contributed by atoms with Gasteiger partial charge in [-0.3, -0.25) is 14.6 Å². The van der Waals surface area contributed by atoms with Crippen LogP contribution in [0.3, 0.4) is 0 Å². The van der Waals surface area contributed by atoms with Crippen LogP contribution in [0, 0.1) is 5.92 Å². The molecule has 6 nitrogen and oxygen atoms in total. The molecule has 0 radical (unpaired) electrons. The summed E-state index contributed by atoms with van der Waals surface area (Å²) in [6.07, 6.45) is 0.136. The number of hydrogen-bond donors (Lipinski definition) is 0. The van der Waals surface area contributed by atoms with Crippen LogP contribution in [0.1, 0.15) is 56.1 Å². The zero-order chi connectivity index (χ0) is 23.8. The molecule has 3 aliphatic rings. The lowest BCUT2D eigenvalue weighted by atomic mass is 9.75. The highest BCUT2D eigenvalue weighted by Crippen LogP contribution is 2.56. The highest BCUT2D eigenvalue weighted by molar-refractivity contribution is 5.91. The Labute approximate surface area is 200 Å². The second kappa shape index (κ2) is 7.44. The maximum atomic E-state index is 13.5. The molecule has 1 amide bonds. The molecule has 4 heterocycles. The lowest BCUT2D eigenvalue weighted by Gasteiger charge is -2.49. The van der Waals surface area contributed by atoms with Gasteiger partial charge in [0.15, 0.2) is 0 Å². The third-order valence-electron chi connectivity index (χ3n) is 7.70. The number of ketones is 1. The second-order valence-electron chi connectivity index (χ2n) is 10.9. The Hall–Kier alpha value is -3.12. The molecule has 6 rings (SSSR count). The SMILES string of the molecule is Cn1c2c(c3ccccc31)[C@@H]1[C@H]3[C@@H](CN1C(=O)OC(C)(C)C)C(=O)C[C@@H]2N3Cc1ccccc1. The Morgan fingerprint density at radius 2 is 1.76 bits per heavy atom. The van der Waals surface area contributed by atoms with Crippen molar-refractivity contribution >= 4 is 22.8 Å². The predicted octanol–water partition coefficient (Wildman–Crippen LogP) is 4.98. The largest absolute Gasteiger partial charge is 0.444 e. The van der Waals surface area contributed by atoms with Crippen molar-refractivity contribution in [2.75, 3.05) is 6.54 Å². The third-order valence-corrected chi connectivity index (χ3v) is 7.70. The fraction of sp³-hybridized carbons (Fsp3) is 0.429. The van der Waals surface area contributed by atoms with E-state index in [0.717, 1.165) is 17.8 Å². The molecule has 176 valence electrons. The van der Waals surface area contributed by atoms with Gasteiger partial charge in [0.05, 0.1) is 18.0 Å². The number of Topliss-reactive ketones (excluding diaryl/α,β-unsaturated/α-hetero) is 1. The Morgan fingerprint density at radius 1 is 1.06 bits per heavy atom. The number of hydrogen-bond acceptors (Lipinski definition) is 4. The number of rotatable bonds is 2. The molecule has 2 bridgehead atoms. The monoisotopic (exact) mass is 457 g/mol. The number of amides is 1. The summed E-state index contributed by atoms with van der Waals surface area (Å²) in [5.74, 6) is 0.0517. The molecule has 0 aliphatic carbocycles. The summed E-state index contributed by atoms with van der Waals surface area (Å²) in [5.41, 5.74) is 4.10. The molecule has 3 aliphatic heterocycles. The number of benzene rings is 2. The van der Waals surface area contributed by atoms with E-state index >= 15 is 0 Å². The van der Waals surface area contributed by atoms with Crippen molar-refractivity contribution in [1.29, 1.82) is 0 Å². The number of aryl methyl sites for hydroxylation is 1. The molecule has 2 fully saturated rings. The molecular weight excluding hydrogens is 426 g/mol. The first-order valence-electron chi connectivity index (χ1n) is 12.1. The van der Waals surface area contributed by atoms with Gasteiger partial charge < -0.3 is 9.30 Å². The fourth-order valence-electron chi connectivity index (χ4n) is 6.46. The van der Waals surface area contributed by atoms with E-state index in [9.17, 15) is 9.59 Å². The summed E-state index contributed by atoms with van der Waals surface area (Å²) in [7, 11) is 2.09. The van der Waals surface area contributed by atoms with E-state index in [0.29, 0.717) is 13.0 Å². The Morgan fingerprint density at radius 3 is 2.50 bits per heavy atom. The number of carbonyl (C=O) groups excluding carboxylic acids is 2. The molecule has 0 N–H and O–H groups in total. The molecule has 2 saturated heterocycles. The lowest BCUT2D eigenvalue weighted by Crippen LogP contribution is -2.54. The summed E-state index contributed by atoms with van der Waals surface area (Å²) in [6.45, 7) is 6.83. The van der Waals surface area contributed by atoms with Crippen molar-refractivity contribution in [3.63, 3.8) is 0 Å². The molecule has 3 aromatic rings. The van der Waals surface area contributed by atoms with Gasteiger partial charge in [-0.1, -0.05) is 48.5 Å². The highest BCUT2D eigenvalue weighted by Gasteiger charge is 2.60. The van der Waals surface area contributed by atoms with Crippen LogP contribution in [0.15, 0.2) is 54.6 Å². The first kappa shape index (κ1) is 21.4. The highest BCUT2D eigenvalue weighted by atomic mass is 16.6. The number of aromatic nitrogens is 1. The van der Waals surface area contributed by atoms with E-state index in [1.807, 2.05) is 31.7 Å². The van der Waals surface area contributed by atoms with Crippen LogP contribution in [0.5, 0.6) is 0 Å². The van der Waals surface area contributed by atoms with Crippen LogP contribution in [0.4, 0.5) is 4.79 Å². The number of likely N-dealkylation sites (tertiary alicyclic amines) is 1. The normalized spacial score (nSPS) is 26.1. The van der Waals surface area contributed by atoms with E-state index < -0.39 is 5.60 Å². The van der Waals surface area contributed by atoms with Crippen molar-refractivity contribution < 1.29 is 14.3 Å². The van der Waals surface area contributed by atoms with Crippen molar-refractivity contribution in [3.05, 3.63) is 71.4 Å². The van der Waals surface area contributed by atoms with Gasteiger partial charge in [0.2, 0.25) is 0 Å². The predicted molar refractivity (Wildman–Crippen MR) is 130 cm³/mol. The number of nitrogens with zero attached hydrogens (tertiary/aromatic N) is 3. The number of ether oxygens (including phenoxy) is 1. The third kappa shape index (κ3) is 3.12. The van der Waals surface area contributed by atoms with Gasteiger partial charge in [0, 0.05) is 54.8 Å². The minimum atomic E-state index is -0.600. The summed E-state index contributed by atoms with van der Waals surface area (Å²) in [4.78, 5) is 31.2. The zero-order valence-corrected chi connectivity index (χ0v) is 20.2. The quantitative estimate of drug-likeness (QED) is 0.544. The topological polar surface area (TPSA) is 54.8 Å². The molecule has 4 atom stereocenters. The van der Waals surface area contributed by atoms with E-state index in [-0.39, 0.29) is 35.9 Å². The first-order chi connectivity index (χ1) is 16.2. The maximum Gasteiger partial charge on any atom is 0.410 e. The maximum absolute atomic E-state index is 13.5. The summed E-state index contributed by atoms with van der Waals surface area (Å²) in [6, 6.07) is 18.5. The van der Waals surface area contributed by atoms with Gasteiger partial charge >= 0.3 is 6.09 Å². The molecular formula is C28H31N3O3. The Kier molecular flexibility index (Phi) is 4.69. The molecule has 0 unspecified atom stereocenters. The summed E-state index contributed by atoms with van der Waals surface area (Å²) < 4.78 is 8.09. The first-order valence-corrected chi connectivity index (χ1v) is 12.1. The molecule has 34 heavy (non-hydrogen) atoms. The van der Waals surface area contributed by atoms with Crippen LogP contribution >= 0.6 is 0 Å². The number of para-hydroxylation sites is 1. The fourth-order valence-corrected chi connectivity index (χ4v) is 6.46. The van der Waals surface area contributed by atoms with Crippen molar-refractivity contribution in [2.45, 2.75) is 57.5 Å². The molecule has 6 heteroatoms. The van der Waals surface area contributed by atoms with Gasteiger partial charge in [-0.05, 0) is 32.4 Å².